The normalized spacial score (nSPS) is 10.4. The lowest BCUT2D eigenvalue weighted by atomic mass is 10.0. The summed E-state index contributed by atoms with van der Waals surface area (Å²) in [6, 6.07) is 16.2. The topological polar surface area (TPSA) is 84.3 Å². The van der Waals surface area contributed by atoms with Gasteiger partial charge in [0.15, 0.2) is 0 Å². The van der Waals surface area contributed by atoms with Gasteiger partial charge in [-0.15, -0.1) is 11.3 Å². The first-order valence-electron chi connectivity index (χ1n) is 8.45. The summed E-state index contributed by atoms with van der Waals surface area (Å²) >= 11 is 1.42. The maximum absolute atomic E-state index is 12.5. The van der Waals surface area contributed by atoms with Gasteiger partial charge in [0.1, 0.15) is 0 Å². The predicted octanol–water partition coefficient (Wildman–Crippen LogP) is 4.47. The van der Waals surface area contributed by atoms with Gasteiger partial charge in [0.2, 0.25) is 0 Å². The summed E-state index contributed by atoms with van der Waals surface area (Å²) in [6.45, 7) is 3.00. The largest absolute Gasteiger partial charge is 0.383 e. The standard InChI is InChI=1S/C20H19N3O3S/c1-14-2-4-15(5-3-14)18-10-13-27-19(18)20(24)22-12-11-21-16-6-8-17(9-7-16)23(25)26/h2-10,13,21H,11-12H2,1H3,(H,22,24). The highest BCUT2D eigenvalue weighted by Crippen LogP contribution is 2.28. The van der Waals surface area contributed by atoms with Crippen LogP contribution in [-0.4, -0.2) is 23.9 Å². The van der Waals surface area contributed by atoms with E-state index in [0.29, 0.717) is 18.0 Å². The van der Waals surface area contributed by atoms with Crippen LogP contribution in [0.2, 0.25) is 0 Å². The van der Waals surface area contributed by atoms with Gasteiger partial charge in [0.05, 0.1) is 9.80 Å². The Morgan fingerprint density at radius 2 is 1.74 bits per heavy atom. The van der Waals surface area contributed by atoms with E-state index in [1.54, 1.807) is 12.1 Å². The molecule has 27 heavy (non-hydrogen) atoms. The molecule has 0 fully saturated rings. The van der Waals surface area contributed by atoms with Gasteiger partial charge in [-0.05, 0) is 36.1 Å². The number of nitro benzene ring substituents is 1. The second-order valence-corrected chi connectivity index (χ2v) is 6.93. The molecule has 6 nitrogen and oxygen atoms in total. The molecule has 0 saturated carbocycles. The van der Waals surface area contributed by atoms with Crippen LogP contribution in [0.15, 0.2) is 60.0 Å². The number of amides is 1. The molecule has 0 atom stereocenters. The number of hydrogen-bond donors (Lipinski definition) is 2. The number of carbonyl (C=O) groups excluding carboxylic acids is 1. The maximum Gasteiger partial charge on any atom is 0.269 e. The Balaban J connectivity index is 1.53. The summed E-state index contributed by atoms with van der Waals surface area (Å²) in [7, 11) is 0. The molecule has 0 aliphatic heterocycles. The summed E-state index contributed by atoms with van der Waals surface area (Å²) in [5.41, 5.74) is 3.95. The van der Waals surface area contributed by atoms with Crippen molar-refractivity contribution in [2.45, 2.75) is 6.92 Å². The van der Waals surface area contributed by atoms with Gasteiger partial charge in [0, 0.05) is 36.5 Å². The average molecular weight is 381 g/mol. The fourth-order valence-corrected chi connectivity index (χ4v) is 3.44. The molecule has 0 spiro atoms. The van der Waals surface area contributed by atoms with Gasteiger partial charge < -0.3 is 10.6 Å². The minimum atomic E-state index is -0.434. The molecule has 1 aromatic heterocycles. The number of carbonyl (C=O) groups is 1. The van der Waals surface area contributed by atoms with E-state index < -0.39 is 4.92 Å². The van der Waals surface area contributed by atoms with Crippen molar-refractivity contribution in [3.05, 3.63) is 80.5 Å². The van der Waals surface area contributed by atoms with Crippen molar-refractivity contribution in [3.63, 3.8) is 0 Å². The zero-order valence-corrected chi connectivity index (χ0v) is 15.6. The first kappa shape index (κ1) is 18.6. The zero-order valence-electron chi connectivity index (χ0n) is 14.8. The molecule has 1 amide bonds. The van der Waals surface area contributed by atoms with Crippen LogP contribution in [0.25, 0.3) is 11.1 Å². The number of nitro groups is 1. The number of hydrogen-bond acceptors (Lipinski definition) is 5. The minimum absolute atomic E-state index is 0.0511. The molecule has 1 heterocycles. The SMILES string of the molecule is Cc1ccc(-c2ccsc2C(=O)NCCNc2ccc([N+](=O)[O-])cc2)cc1. The third-order valence-electron chi connectivity index (χ3n) is 4.05. The number of thiophene rings is 1. The Kier molecular flexibility index (Phi) is 5.83. The molecule has 0 saturated heterocycles. The van der Waals surface area contributed by atoms with E-state index in [2.05, 4.69) is 10.6 Å². The second kappa shape index (κ2) is 8.46. The molecule has 0 aliphatic rings. The van der Waals surface area contributed by atoms with Crippen molar-refractivity contribution in [3.8, 4) is 11.1 Å². The van der Waals surface area contributed by atoms with Crippen molar-refractivity contribution in [2.75, 3.05) is 18.4 Å². The zero-order chi connectivity index (χ0) is 19.2. The maximum atomic E-state index is 12.5. The fraction of sp³-hybridized carbons (Fsp3) is 0.150. The van der Waals surface area contributed by atoms with E-state index in [9.17, 15) is 14.9 Å². The lowest BCUT2D eigenvalue weighted by molar-refractivity contribution is -0.384. The van der Waals surface area contributed by atoms with Gasteiger partial charge in [-0.3, -0.25) is 14.9 Å². The van der Waals surface area contributed by atoms with E-state index in [4.69, 9.17) is 0 Å². The van der Waals surface area contributed by atoms with Crippen molar-refractivity contribution in [2.24, 2.45) is 0 Å². The average Bonchev–Trinajstić information content (AvgIpc) is 3.16. The first-order valence-corrected chi connectivity index (χ1v) is 9.33. The Hall–Kier alpha value is -3.19. The van der Waals surface area contributed by atoms with Gasteiger partial charge in [-0.1, -0.05) is 29.8 Å². The van der Waals surface area contributed by atoms with E-state index in [1.165, 1.54) is 29.0 Å². The Morgan fingerprint density at radius 3 is 2.41 bits per heavy atom. The minimum Gasteiger partial charge on any atom is -0.383 e. The Morgan fingerprint density at radius 1 is 1.04 bits per heavy atom. The summed E-state index contributed by atoms with van der Waals surface area (Å²) in [5, 5.41) is 18.6. The van der Waals surface area contributed by atoms with Gasteiger partial charge in [0.25, 0.3) is 11.6 Å². The molecule has 0 aliphatic carbocycles. The fourth-order valence-electron chi connectivity index (χ4n) is 2.61. The number of nitrogens with one attached hydrogen (secondary N) is 2. The van der Waals surface area contributed by atoms with Gasteiger partial charge in [-0.2, -0.15) is 0 Å². The highest BCUT2D eigenvalue weighted by molar-refractivity contribution is 7.12. The smallest absolute Gasteiger partial charge is 0.269 e. The monoisotopic (exact) mass is 381 g/mol. The quantitative estimate of drug-likeness (QED) is 0.359. The van der Waals surface area contributed by atoms with Crippen LogP contribution in [-0.2, 0) is 0 Å². The van der Waals surface area contributed by atoms with E-state index in [1.807, 2.05) is 42.6 Å². The number of non-ortho nitro benzene ring substituents is 1. The Labute approximate surface area is 161 Å². The van der Waals surface area contributed by atoms with Crippen LogP contribution >= 0.6 is 11.3 Å². The molecule has 3 aromatic rings. The Bertz CT molecular complexity index is 934. The van der Waals surface area contributed by atoms with Crippen LogP contribution in [0.4, 0.5) is 11.4 Å². The van der Waals surface area contributed by atoms with Crippen molar-refractivity contribution >= 4 is 28.6 Å². The van der Waals surface area contributed by atoms with Crippen LogP contribution in [0, 0.1) is 17.0 Å². The number of aryl methyl sites for hydroxylation is 1. The highest BCUT2D eigenvalue weighted by atomic mass is 32.1. The van der Waals surface area contributed by atoms with Gasteiger partial charge >= 0.3 is 0 Å². The third kappa shape index (κ3) is 4.71. The molecule has 0 unspecified atom stereocenters. The van der Waals surface area contributed by atoms with Gasteiger partial charge in [-0.25, -0.2) is 0 Å². The van der Waals surface area contributed by atoms with Crippen molar-refractivity contribution in [1.29, 1.82) is 0 Å². The molecule has 2 aromatic carbocycles. The number of anilines is 1. The molecule has 7 heteroatoms. The van der Waals surface area contributed by atoms with E-state index in [-0.39, 0.29) is 11.6 Å². The number of nitrogens with zero attached hydrogens (tertiary/aromatic N) is 1. The highest BCUT2D eigenvalue weighted by Gasteiger charge is 2.14. The molecule has 3 rings (SSSR count). The van der Waals surface area contributed by atoms with Crippen LogP contribution in [0.5, 0.6) is 0 Å². The lowest BCUT2D eigenvalue weighted by Gasteiger charge is -2.09. The summed E-state index contributed by atoms with van der Waals surface area (Å²) in [6.07, 6.45) is 0. The predicted molar refractivity (Wildman–Crippen MR) is 108 cm³/mol. The summed E-state index contributed by atoms with van der Waals surface area (Å²) in [4.78, 5) is 23.4. The first-order chi connectivity index (χ1) is 13.0. The van der Waals surface area contributed by atoms with E-state index >= 15 is 0 Å². The molecule has 2 N–H and O–H groups in total. The molecule has 0 bridgehead atoms. The molecular formula is C20H19N3O3S. The molecule has 0 radical (unpaired) electrons. The second-order valence-electron chi connectivity index (χ2n) is 6.02. The van der Waals surface area contributed by atoms with Crippen molar-refractivity contribution < 1.29 is 9.72 Å². The number of benzene rings is 2. The summed E-state index contributed by atoms with van der Waals surface area (Å²) < 4.78 is 0. The lowest BCUT2D eigenvalue weighted by Crippen LogP contribution is -2.28. The summed E-state index contributed by atoms with van der Waals surface area (Å²) in [5.74, 6) is -0.105. The van der Waals surface area contributed by atoms with Crippen LogP contribution in [0.1, 0.15) is 15.2 Å². The van der Waals surface area contributed by atoms with E-state index in [0.717, 1.165) is 16.8 Å². The van der Waals surface area contributed by atoms with Crippen LogP contribution < -0.4 is 10.6 Å². The third-order valence-corrected chi connectivity index (χ3v) is 4.97. The van der Waals surface area contributed by atoms with Crippen molar-refractivity contribution in [1.82, 2.24) is 5.32 Å². The van der Waals surface area contributed by atoms with Crippen LogP contribution in [0.3, 0.4) is 0 Å². The molecular weight excluding hydrogens is 362 g/mol. The molecule has 138 valence electrons. The number of rotatable bonds is 7.